The summed E-state index contributed by atoms with van der Waals surface area (Å²) in [6.07, 6.45) is 1.15. The predicted molar refractivity (Wildman–Crippen MR) is 87.4 cm³/mol. The highest BCUT2D eigenvalue weighted by Crippen LogP contribution is 2.42. The number of benzene rings is 1. The van der Waals surface area contributed by atoms with Gasteiger partial charge in [0, 0.05) is 15.0 Å². The topological polar surface area (TPSA) is 69.6 Å². The SMILES string of the molecule is O=C1C=C(Nc2c(Br)cc(Br)c(Cl)c2Cl)C(=O)N1CCO. The lowest BCUT2D eigenvalue weighted by Crippen LogP contribution is -2.34. The summed E-state index contributed by atoms with van der Waals surface area (Å²) in [6.45, 7) is -0.359. The molecule has 0 aliphatic carbocycles. The zero-order valence-corrected chi connectivity index (χ0v) is 15.0. The zero-order valence-electron chi connectivity index (χ0n) is 10.3. The molecule has 2 N–H and O–H groups in total. The first-order valence-corrected chi connectivity index (χ1v) is 7.99. The molecular weight excluding hydrogens is 451 g/mol. The molecule has 0 bridgehead atoms. The van der Waals surface area contributed by atoms with Crippen molar-refractivity contribution < 1.29 is 14.7 Å². The van der Waals surface area contributed by atoms with E-state index in [4.69, 9.17) is 28.3 Å². The first-order valence-electron chi connectivity index (χ1n) is 5.65. The molecule has 112 valence electrons. The van der Waals surface area contributed by atoms with Crippen LogP contribution in [0.5, 0.6) is 0 Å². The Bertz CT molecular complexity index is 664. The number of amides is 2. The van der Waals surface area contributed by atoms with Gasteiger partial charge in [-0.05, 0) is 37.9 Å². The van der Waals surface area contributed by atoms with Crippen molar-refractivity contribution in [3.05, 3.63) is 36.8 Å². The number of imide groups is 1. The van der Waals surface area contributed by atoms with E-state index in [9.17, 15) is 9.59 Å². The van der Waals surface area contributed by atoms with Crippen molar-refractivity contribution >= 4 is 72.6 Å². The van der Waals surface area contributed by atoms with Crippen LogP contribution in [0.3, 0.4) is 0 Å². The molecule has 5 nitrogen and oxygen atoms in total. The third-order valence-corrected chi connectivity index (χ3v) is 5.05. The summed E-state index contributed by atoms with van der Waals surface area (Å²) in [7, 11) is 0. The van der Waals surface area contributed by atoms with Gasteiger partial charge in [-0.2, -0.15) is 0 Å². The fourth-order valence-electron chi connectivity index (χ4n) is 1.73. The average Bonchev–Trinajstić information content (AvgIpc) is 2.69. The van der Waals surface area contributed by atoms with E-state index in [0.29, 0.717) is 14.6 Å². The zero-order chi connectivity index (χ0) is 15.7. The molecule has 9 heteroatoms. The molecule has 1 aromatic rings. The molecule has 0 unspecified atom stereocenters. The van der Waals surface area contributed by atoms with Gasteiger partial charge in [-0.3, -0.25) is 14.5 Å². The molecule has 2 amide bonds. The van der Waals surface area contributed by atoms with Gasteiger partial charge < -0.3 is 10.4 Å². The van der Waals surface area contributed by atoms with Gasteiger partial charge in [0.1, 0.15) is 5.70 Å². The first kappa shape index (κ1) is 16.8. The van der Waals surface area contributed by atoms with Gasteiger partial charge in [-0.1, -0.05) is 23.2 Å². The molecule has 1 aliphatic rings. The molecule has 0 fully saturated rings. The molecule has 1 aromatic carbocycles. The van der Waals surface area contributed by atoms with Crippen LogP contribution in [0.4, 0.5) is 5.69 Å². The van der Waals surface area contributed by atoms with Gasteiger partial charge in [0.05, 0.1) is 28.9 Å². The predicted octanol–water partition coefficient (Wildman–Crippen LogP) is 3.18. The van der Waals surface area contributed by atoms with Crippen molar-refractivity contribution in [3.8, 4) is 0 Å². The minimum atomic E-state index is -0.531. The number of aliphatic hydroxyl groups is 1. The summed E-state index contributed by atoms with van der Waals surface area (Å²) in [6, 6.07) is 1.67. The second-order valence-electron chi connectivity index (χ2n) is 4.04. The number of nitrogens with zero attached hydrogens (tertiary/aromatic N) is 1. The summed E-state index contributed by atoms with van der Waals surface area (Å²) in [4.78, 5) is 24.6. The maximum absolute atomic E-state index is 12.0. The molecule has 0 atom stereocenters. The van der Waals surface area contributed by atoms with E-state index in [2.05, 4.69) is 37.2 Å². The molecule has 21 heavy (non-hydrogen) atoms. The van der Waals surface area contributed by atoms with E-state index in [1.165, 1.54) is 0 Å². The second-order valence-corrected chi connectivity index (χ2v) is 6.51. The third-order valence-electron chi connectivity index (χ3n) is 2.71. The minimum absolute atomic E-state index is 0.0602. The molecule has 1 heterocycles. The molecule has 1 aliphatic heterocycles. The first-order chi connectivity index (χ1) is 9.86. The van der Waals surface area contributed by atoms with E-state index in [1.807, 2.05) is 0 Å². The van der Waals surface area contributed by atoms with Crippen LogP contribution in [0.1, 0.15) is 0 Å². The number of hydrogen-bond donors (Lipinski definition) is 2. The van der Waals surface area contributed by atoms with Crippen LogP contribution in [-0.2, 0) is 9.59 Å². The highest BCUT2D eigenvalue weighted by atomic mass is 79.9. The Morgan fingerprint density at radius 3 is 2.48 bits per heavy atom. The van der Waals surface area contributed by atoms with Gasteiger partial charge >= 0.3 is 0 Å². The number of carbonyl (C=O) groups is 2. The lowest BCUT2D eigenvalue weighted by Gasteiger charge is -2.15. The Hall–Kier alpha value is -0.600. The highest BCUT2D eigenvalue weighted by molar-refractivity contribution is 9.11. The van der Waals surface area contributed by atoms with Crippen molar-refractivity contribution in [3.63, 3.8) is 0 Å². The van der Waals surface area contributed by atoms with E-state index in [1.54, 1.807) is 6.07 Å². The maximum Gasteiger partial charge on any atom is 0.277 e. The van der Waals surface area contributed by atoms with Gasteiger partial charge in [0.15, 0.2) is 0 Å². The van der Waals surface area contributed by atoms with Crippen LogP contribution >= 0.6 is 55.1 Å². The summed E-state index contributed by atoms with van der Waals surface area (Å²) >= 11 is 18.7. The van der Waals surface area contributed by atoms with Crippen molar-refractivity contribution in [1.82, 2.24) is 4.90 Å². The number of anilines is 1. The number of β-amino-alcohol motifs (C(OH)–C–C–N with tert-alkyl or cyclic N) is 1. The third kappa shape index (κ3) is 3.27. The summed E-state index contributed by atoms with van der Waals surface area (Å²) in [5, 5.41) is 12.1. The number of halogens is 4. The molecular formula is C12H8Br2Cl2N2O3. The summed E-state index contributed by atoms with van der Waals surface area (Å²) in [5.74, 6) is -1.02. The number of hydrogen-bond acceptors (Lipinski definition) is 4. The summed E-state index contributed by atoms with van der Waals surface area (Å²) in [5.41, 5.74) is 0.442. The Labute approximate surface area is 147 Å². The maximum atomic E-state index is 12.0. The Balaban J connectivity index is 2.32. The molecule has 0 spiro atoms. The van der Waals surface area contributed by atoms with Crippen molar-refractivity contribution in [2.75, 3.05) is 18.5 Å². The Kier molecular flexibility index (Phi) is 5.32. The van der Waals surface area contributed by atoms with Crippen LogP contribution in [0.25, 0.3) is 0 Å². The minimum Gasteiger partial charge on any atom is -0.395 e. The Morgan fingerprint density at radius 2 is 1.86 bits per heavy atom. The molecule has 0 aromatic heterocycles. The standard InChI is InChI=1S/C12H8Br2Cl2N2O3/c13-5-3-6(14)11(10(16)9(5)15)17-7-4-8(20)18(1-2-19)12(7)21/h3-4,17,19H,1-2H2. The Morgan fingerprint density at radius 1 is 1.19 bits per heavy atom. The fourth-order valence-corrected chi connectivity index (χ4v) is 3.61. The molecule has 0 radical (unpaired) electrons. The van der Waals surface area contributed by atoms with E-state index in [0.717, 1.165) is 11.0 Å². The number of nitrogens with one attached hydrogen (secondary N) is 1. The highest BCUT2D eigenvalue weighted by Gasteiger charge is 2.31. The summed E-state index contributed by atoms with van der Waals surface area (Å²) < 4.78 is 1.17. The quantitative estimate of drug-likeness (QED) is 0.413. The average molecular weight is 459 g/mol. The van der Waals surface area contributed by atoms with Crippen LogP contribution < -0.4 is 5.32 Å². The van der Waals surface area contributed by atoms with E-state index in [-0.39, 0.29) is 28.9 Å². The number of rotatable bonds is 4. The lowest BCUT2D eigenvalue weighted by atomic mass is 10.3. The largest absolute Gasteiger partial charge is 0.395 e. The van der Waals surface area contributed by atoms with E-state index >= 15 is 0 Å². The van der Waals surface area contributed by atoms with Crippen molar-refractivity contribution in [1.29, 1.82) is 0 Å². The van der Waals surface area contributed by atoms with Gasteiger partial charge in [-0.25, -0.2) is 0 Å². The van der Waals surface area contributed by atoms with Gasteiger partial charge in [-0.15, -0.1) is 0 Å². The van der Waals surface area contributed by atoms with Crippen LogP contribution in [0.2, 0.25) is 10.0 Å². The van der Waals surface area contributed by atoms with Crippen LogP contribution in [-0.4, -0.2) is 35.0 Å². The molecule has 2 rings (SSSR count). The fraction of sp³-hybridized carbons (Fsp3) is 0.167. The molecule has 0 saturated carbocycles. The normalized spacial score (nSPS) is 14.7. The van der Waals surface area contributed by atoms with Crippen LogP contribution in [0, 0.1) is 0 Å². The number of aliphatic hydroxyl groups excluding tert-OH is 1. The van der Waals surface area contributed by atoms with Crippen molar-refractivity contribution in [2.24, 2.45) is 0 Å². The smallest absolute Gasteiger partial charge is 0.277 e. The lowest BCUT2D eigenvalue weighted by molar-refractivity contribution is -0.137. The number of carbonyl (C=O) groups excluding carboxylic acids is 2. The van der Waals surface area contributed by atoms with E-state index < -0.39 is 11.8 Å². The second kappa shape index (κ2) is 6.66. The molecule has 0 saturated heterocycles. The van der Waals surface area contributed by atoms with Gasteiger partial charge in [0.2, 0.25) is 0 Å². The van der Waals surface area contributed by atoms with Crippen LogP contribution in [0.15, 0.2) is 26.8 Å². The van der Waals surface area contributed by atoms with Gasteiger partial charge in [0.25, 0.3) is 11.8 Å². The van der Waals surface area contributed by atoms with Crippen molar-refractivity contribution in [2.45, 2.75) is 0 Å². The monoisotopic (exact) mass is 456 g/mol.